The molecule has 2 N–H and O–H groups in total. The van der Waals surface area contributed by atoms with E-state index in [0.29, 0.717) is 0 Å². The van der Waals surface area contributed by atoms with Gasteiger partial charge in [-0.3, -0.25) is 0 Å². The summed E-state index contributed by atoms with van der Waals surface area (Å²) in [5.41, 5.74) is 0. The topological polar surface area (TPSA) is 58.9 Å². The predicted molar refractivity (Wildman–Crippen MR) is 23.9 cm³/mol. The Hall–Kier alpha value is -0.160. The SMILES string of the molecule is OC[C@H]1OC[C@H](O)O1. The predicted octanol–water partition coefficient (Wildman–Crippen LogP) is -1.33. The van der Waals surface area contributed by atoms with Crippen molar-refractivity contribution in [3.63, 3.8) is 0 Å². The molecular weight excluding hydrogens is 112 g/mol. The van der Waals surface area contributed by atoms with Crippen LogP contribution in [0, 0.1) is 0 Å². The summed E-state index contributed by atoms with van der Waals surface area (Å²) in [5, 5.41) is 16.9. The molecular formula is C4H8O4. The Bertz CT molecular complexity index is 74.4. The number of aliphatic hydroxyl groups is 2. The molecule has 0 amide bonds. The van der Waals surface area contributed by atoms with E-state index >= 15 is 0 Å². The number of hydrogen-bond donors (Lipinski definition) is 2. The normalized spacial score (nSPS) is 38.2. The quantitative estimate of drug-likeness (QED) is 0.450. The summed E-state index contributed by atoms with van der Waals surface area (Å²) in [6.45, 7) is -0.0394. The second-order valence-electron chi connectivity index (χ2n) is 1.54. The van der Waals surface area contributed by atoms with Crippen molar-refractivity contribution in [1.82, 2.24) is 0 Å². The summed E-state index contributed by atoms with van der Waals surface area (Å²) in [7, 11) is 0. The van der Waals surface area contributed by atoms with Crippen molar-refractivity contribution in [3.8, 4) is 0 Å². The van der Waals surface area contributed by atoms with E-state index in [2.05, 4.69) is 4.74 Å². The summed E-state index contributed by atoms with van der Waals surface area (Å²) >= 11 is 0. The highest BCUT2D eigenvalue weighted by atomic mass is 16.8. The monoisotopic (exact) mass is 120 g/mol. The third-order valence-electron chi connectivity index (χ3n) is 0.883. The second-order valence-corrected chi connectivity index (χ2v) is 1.54. The molecule has 4 heteroatoms. The van der Waals surface area contributed by atoms with Crippen molar-refractivity contribution in [2.75, 3.05) is 13.2 Å². The Balaban J connectivity index is 2.22. The standard InChI is InChI=1S/C4H8O4/c5-1-4-7-2-3(6)8-4/h3-6H,1-2H2/t3-,4+/m1/s1. The molecule has 0 spiro atoms. The summed E-state index contributed by atoms with van der Waals surface area (Å²) in [6, 6.07) is 0. The van der Waals surface area contributed by atoms with Gasteiger partial charge in [0.1, 0.15) is 6.61 Å². The van der Waals surface area contributed by atoms with Gasteiger partial charge in [0.15, 0.2) is 12.6 Å². The minimum atomic E-state index is -0.854. The van der Waals surface area contributed by atoms with Crippen LogP contribution in [0.15, 0.2) is 0 Å². The molecule has 0 aromatic heterocycles. The molecule has 0 aromatic carbocycles. The fraction of sp³-hybridized carbons (Fsp3) is 1.00. The minimum Gasteiger partial charge on any atom is -0.391 e. The zero-order valence-corrected chi connectivity index (χ0v) is 4.28. The van der Waals surface area contributed by atoms with E-state index in [1.54, 1.807) is 0 Å². The molecule has 0 radical (unpaired) electrons. The van der Waals surface area contributed by atoms with Crippen LogP contribution in [0.5, 0.6) is 0 Å². The number of aliphatic hydroxyl groups excluding tert-OH is 2. The van der Waals surface area contributed by atoms with Crippen LogP contribution in [0.25, 0.3) is 0 Å². The molecule has 0 unspecified atom stereocenters. The first-order chi connectivity index (χ1) is 3.83. The molecule has 1 fully saturated rings. The van der Waals surface area contributed by atoms with Crippen LogP contribution in [0.3, 0.4) is 0 Å². The molecule has 0 bridgehead atoms. The lowest BCUT2D eigenvalue weighted by Gasteiger charge is -2.02. The molecule has 0 saturated carbocycles. The molecule has 8 heavy (non-hydrogen) atoms. The lowest BCUT2D eigenvalue weighted by atomic mass is 10.7. The third kappa shape index (κ3) is 1.16. The van der Waals surface area contributed by atoms with Crippen LogP contribution in [-0.2, 0) is 9.47 Å². The average Bonchev–Trinajstić information content (AvgIpc) is 2.14. The van der Waals surface area contributed by atoms with Crippen molar-refractivity contribution < 1.29 is 19.7 Å². The molecule has 1 saturated heterocycles. The second kappa shape index (κ2) is 2.41. The van der Waals surface area contributed by atoms with E-state index in [0.717, 1.165) is 0 Å². The van der Waals surface area contributed by atoms with Crippen LogP contribution >= 0.6 is 0 Å². The molecule has 1 aliphatic heterocycles. The Kier molecular flexibility index (Phi) is 1.80. The molecule has 48 valence electrons. The molecule has 0 aliphatic carbocycles. The molecule has 1 heterocycles. The van der Waals surface area contributed by atoms with Crippen LogP contribution in [0.4, 0.5) is 0 Å². The van der Waals surface area contributed by atoms with Crippen LogP contribution in [0.2, 0.25) is 0 Å². The summed E-state index contributed by atoms with van der Waals surface area (Å²) < 4.78 is 9.29. The minimum absolute atomic E-state index is 0.158. The highest BCUT2D eigenvalue weighted by molar-refractivity contribution is 4.51. The van der Waals surface area contributed by atoms with E-state index in [1.165, 1.54) is 0 Å². The van der Waals surface area contributed by atoms with Crippen LogP contribution < -0.4 is 0 Å². The van der Waals surface area contributed by atoms with E-state index in [9.17, 15) is 0 Å². The van der Waals surface area contributed by atoms with Gasteiger partial charge >= 0.3 is 0 Å². The third-order valence-corrected chi connectivity index (χ3v) is 0.883. The largest absolute Gasteiger partial charge is 0.391 e. The van der Waals surface area contributed by atoms with Gasteiger partial charge in [0, 0.05) is 0 Å². The Morgan fingerprint density at radius 2 is 2.38 bits per heavy atom. The fourth-order valence-electron chi connectivity index (χ4n) is 0.539. The summed E-state index contributed by atoms with van der Waals surface area (Å²) in [6.07, 6.45) is -1.47. The maximum Gasteiger partial charge on any atom is 0.183 e. The molecule has 1 aliphatic rings. The zero-order valence-electron chi connectivity index (χ0n) is 4.28. The first kappa shape index (κ1) is 5.97. The van der Waals surface area contributed by atoms with Crippen molar-refractivity contribution >= 4 is 0 Å². The van der Waals surface area contributed by atoms with Crippen LogP contribution in [0.1, 0.15) is 0 Å². The van der Waals surface area contributed by atoms with Gasteiger partial charge in [-0.15, -0.1) is 0 Å². The average molecular weight is 120 g/mol. The van der Waals surface area contributed by atoms with Gasteiger partial charge in [0.2, 0.25) is 0 Å². The van der Waals surface area contributed by atoms with Gasteiger partial charge in [-0.25, -0.2) is 0 Å². The first-order valence-electron chi connectivity index (χ1n) is 2.39. The van der Waals surface area contributed by atoms with Gasteiger partial charge in [0.25, 0.3) is 0 Å². The van der Waals surface area contributed by atoms with Crippen molar-refractivity contribution in [2.24, 2.45) is 0 Å². The fourth-order valence-corrected chi connectivity index (χ4v) is 0.539. The van der Waals surface area contributed by atoms with E-state index in [1.807, 2.05) is 0 Å². The molecule has 0 aromatic rings. The van der Waals surface area contributed by atoms with Gasteiger partial charge in [-0.1, -0.05) is 0 Å². The van der Waals surface area contributed by atoms with Crippen molar-refractivity contribution in [1.29, 1.82) is 0 Å². The highest BCUT2D eigenvalue weighted by Crippen LogP contribution is 2.06. The van der Waals surface area contributed by atoms with Gasteiger partial charge < -0.3 is 19.7 Å². The summed E-state index contributed by atoms with van der Waals surface area (Å²) in [4.78, 5) is 0. The summed E-state index contributed by atoms with van der Waals surface area (Å²) in [5.74, 6) is 0. The molecule has 4 nitrogen and oxygen atoms in total. The van der Waals surface area contributed by atoms with Gasteiger partial charge in [-0.2, -0.15) is 0 Å². The van der Waals surface area contributed by atoms with Crippen LogP contribution in [-0.4, -0.2) is 36.0 Å². The maximum absolute atomic E-state index is 8.57. The number of rotatable bonds is 1. The molecule has 2 atom stereocenters. The van der Waals surface area contributed by atoms with E-state index < -0.39 is 12.6 Å². The lowest BCUT2D eigenvalue weighted by molar-refractivity contribution is -0.131. The van der Waals surface area contributed by atoms with Crippen molar-refractivity contribution in [2.45, 2.75) is 12.6 Å². The smallest absolute Gasteiger partial charge is 0.183 e. The number of ether oxygens (including phenoxy) is 2. The van der Waals surface area contributed by atoms with Crippen molar-refractivity contribution in [3.05, 3.63) is 0 Å². The highest BCUT2D eigenvalue weighted by Gasteiger charge is 2.22. The van der Waals surface area contributed by atoms with E-state index in [4.69, 9.17) is 14.9 Å². The maximum atomic E-state index is 8.57. The molecule has 1 rings (SSSR count). The van der Waals surface area contributed by atoms with E-state index in [-0.39, 0.29) is 13.2 Å². The Labute approximate surface area is 46.6 Å². The first-order valence-corrected chi connectivity index (χ1v) is 2.39. The Morgan fingerprint density at radius 1 is 1.62 bits per heavy atom. The van der Waals surface area contributed by atoms with Gasteiger partial charge in [0.05, 0.1) is 6.61 Å². The van der Waals surface area contributed by atoms with Gasteiger partial charge in [-0.05, 0) is 0 Å². The number of hydrogen-bond acceptors (Lipinski definition) is 4. The Morgan fingerprint density at radius 3 is 2.62 bits per heavy atom. The lowest BCUT2D eigenvalue weighted by Crippen LogP contribution is -2.14. The zero-order chi connectivity index (χ0) is 5.98.